The third kappa shape index (κ3) is 3.23. The predicted octanol–water partition coefficient (Wildman–Crippen LogP) is 2.59. The molecule has 0 aliphatic carbocycles. The zero-order valence-corrected chi connectivity index (χ0v) is 12.3. The summed E-state index contributed by atoms with van der Waals surface area (Å²) in [5, 5.41) is 2.90. The molecule has 0 spiro atoms. The van der Waals surface area contributed by atoms with Gasteiger partial charge in [-0.25, -0.2) is 13.1 Å². The van der Waals surface area contributed by atoms with E-state index in [0.29, 0.717) is 10.6 Å². The van der Waals surface area contributed by atoms with Crippen LogP contribution < -0.4 is 10.0 Å². The first-order valence-electron chi connectivity index (χ1n) is 6.19. The van der Waals surface area contributed by atoms with Crippen molar-refractivity contribution in [3.8, 4) is 0 Å². The van der Waals surface area contributed by atoms with Crippen LogP contribution >= 0.6 is 0 Å². The Kier molecular flexibility index (Phi) is 4.76. The van der Waals surface area contributed by atoms with Gasteiger partial charge in [-0.1, -0.05) is 26.0 Å². The first-order valence-corrected chi connectivity index (χ1v) is 7.67. The molecule has 2 N–H and O–H groups in total. The second-order valence-corrected chi connectivity index (χ2v) is 6.27. The normalized spacial score (nSPS) is 12.4. The van der Waals surface area contributed by atoms with Gasteiger partial charge in [0.1, 0.15) is 4.90 Å². The van der Waals surface area contributed by atoms with Crippen LogP contribution in [0.1, 0.15) is 33.6 Å². The minimum atomic E-state index is -3.50. The van der Waals surface area contributed by atoms with Crippen molar-refractivity contribution in [2.75, 3.05) is 12.4 Å². The second kappa shape index (κ2) is 5.71. The van der Waals surface area contributed by atoms with Crippen LogP contribution in [0.5, 0.6) is 0 Å². The van der Waals surface area contributed by atoms with Crippen molar-refractivity contribution in [1.82, 2.24) is 4.72 Å². The summed E-state index contributed by atoms with van der Waals surface area (Å²) in [6.07, 6.45) is 1.51. The molecule has 5 heteroatoms. The van der Waals surface area contributed by atoms with Gasteiger partial charge in [0.2, 0.25) is 10.0 Å². The quantitative estimate of drug-likeness (QED) is 0.835. The molecule has 0 saturated carbocycles. The van der Waals surface area contributed by atoms with E-state index in [1.165, 1.54) is 0 Å². The molecule has 1 aromatic carbocycles. The maximum Gasteiger partial charge on any atom is 0.243 e. The van der Waals surface area contributed by atoms with E-state index in [2.05, 4.69) is 10.0 Å². The fourth-order valence-corrected chi connectivity index (χ4v) is 3.45. The fourth-order valence-electron chi connectivity index (χ4n) is 1.68. The van der Waals surface area contributed by atoms with Crippen molar-refractivity contribution >= 4 is 15.7 Å². The smallest absolute Gasteiger partial charge is 0.243 e. The summed E-state index contributed by atoms with van der Waals surface area (Å²) in [6, 6.07) is 6.90. The Balaban J connectivity index is 3.14. The van der Waals surface area contributed by atoms with Gasteiger partial charge < -0.3 is 5.32 Å². The molecular weight excluding hydrogens is 248 g/mol. The van der Waals surface area contributed by atoms with Crippen molar-refractivity contribution < 1.29 is 8.42 Å². The van der Waals surface area contributed by atoms with Gasteiger partial charge >= 0.3 is 0 Å². The van der Waals surface area contributed by atoms with E-state index in [4.69, 9.17) is 0 Å². The molecule has 0 fully saturated rings. The highest BCUT2D eigenvalue weighted by molar-refractivity contribution is 7.89. The molecule has 0 aromatic heterocycles. The minimum absolute atomic E-state index is 0.292. The van der Waals surface area contributed by atoms with E-state index in [0.717, 1.165) is 12.8 Å². The van der Waals surface area contributed by atoms with E-state index in [1.54, 1.807) is 25.2 Å². The van der Waals surface area contributed by atoms with Crippen LogP contribution in [-0.2, 0) is 10.0 Å². The second-order valence-electron chi connectivity index (χ2n) is 4.62. The van der Waals surface area contributed by atoms with Crippen molar-refractivity contribution in [1.29, 1.82) is 0 Å². The van der Waals surface area contributed by atoms with Crippen molar-refractivity contribution in [2.24, 2.45) is 0 Å². The topological polar surface area (TPSA) is 58.2 Å². The molecule has 1 rings (SSSR count). The van der Waals surface area contributed by atoms with Gasteiger partial charge in [0.05, 0.1) is 5.69 Å². The molecule has 1 aromatic rings. The number of hydrogen-bond acceptors (Lipinski definition) is 3. The Morgan fingerprint density at radius 2 is 1.72 bits per heavy atom. The lowest BCUT2D eigenvalue weighted by Gasteiger charge is -2.28. The molecule has 0 aliphatic heterocycles. The summed E-state index contributed by atoms with van der Waals surface area (Å²) in [7, 11) is -1.78. The van der Waals surface area contributed by atoms with Crippen LogP contribution in [0.3, 0.4) is 0 Å². The third-order valence-corrected chi connectivity index (χ3v) is 5.08. The Hall–Kier alpha value is -1.07. The van der Waals surface area contributed by atoms with Gasteiger partial charge in [-0.05, 0) is 31.9 Å². The highest BCUT2D eigenvalue weighted by Crippen LogP contribution is 2.23. The summed E-state index contributed by atoms with van der Waals surface area (Å²) in [6.45, 7) is 5.89. The molecular formula is C13H22N2O2S. The van der Waals surface area contributed by atoms with E-state index in [9.17, 15) is 8.42 Å². The largest absolute Gasteiger partial charge is 0.387 e. The van der Waals surface area contributed by atoms with Crippen molar-refractivity contribution in [3.63, 3.8) is 0 Å². The van der Waals surface area contributed by atoms with Crippen LogP contribution in [-0.4, -0.2) is 21.0 Å². The van der Waals surface area contributed by atoms with E-state index < -0.39 is 15.6 Å². The van der Waals surface area contributed by atoms with Gasteiger partial charge in [-0.15, -0.1) is 0 Å². The standard InChI is InChI=1S/C13H22N2O2S/c1-5-13(3,6-2)15-18(16,17)12-10-8-7-9-11(12)14-4/h7-10,14-15H,5-6H2,1-4H3. The van der Waals surface area contributed by atoms with Crippen LogP contribution in [0.2, 0.25) is 0 Å². The van der Waals surface area contributed by atoms with Crippen molar-refractivity contribution in [3.05, 3.63) is 24.3 Å². The Morgan fingerprint density at radius 1 is 1.17 bits per heavy atom. The lowest BCUT2D eigenvalue weighted by atomic mass is 9.98. The first kappa shape index (κ1) is 15.0. The summed E-state index contributed by atoms with van der Waals surface area (Å²) in [5.41, 5.74) is 0.208. The fraction of sp³-hybridized carbons (Fsp3) is 0.538. The number of rotatable bonds is 6. The van der Waals surface area contributed by atoms with Gasteiger partial charge in [0.15, 0.2) is 0 Å². The summed E-state index contributed by atoms with van der Waals surface area (Å²) >= 11 is 0. The van der Waals surface area contributed by atoms with Crippen LogP contribution in [0.25, 0.3) is 0 Å². The number of anilines is 1. The molecule has 0 saturated heterocycles. The number of benzene rings is 1. The van der Waals surface area contributed by atoms with Crippen molar-refractivity contribution in [2.45, 2.75) is 44.0 Å². The zero-order chi connectivity index (χ0) is 13.8. The van der Waals surface area contributed by atoms with Crippen LogP contribution in [0.4, 0.5) is 5.69 Å². The maximum absolute atomic E-state index is 12.4. The number of nitrogens with one attached hydrogen (secondary N) is 2. The first-order chi connectivity index (χ1) is 8.38. The Labute approximate surface area is 110 Å². The molecule has 102 valence electrons. The van der Waals surface area contributed by atoms with Gasteiger partial charge in [0, 0.05) is 12.6 Å². The molecule has 0 unspecified atom stereocenters. The summed E-state index contributed by atoms with van der Waals surface area (Å²) in [5.74, 6) is 0. The van der Waals surface area contributed by atoms with E-state index >= 15 is 0 Å². The molecule has 4 nitrogen and oxygen atoms in total. The third-order valence-electron chi connectivity index (χ3n) is 3.39. The lowest BCUT2D eigenvalue weighted by Crippen LogP contribution is -2.44. The maximum atomic E-state index is 12.4. The molecule has 0 heterocycles. The van der Waals surface area contributed by atoms with E-state index in [-0.39, 0.29) is 0 Å². The predicted molar refractivity (Wildman–Crippen MR) is 75.3 cm³/mol. The number of sulfonamides is 1. The average molecular weight is 270 g/mol. The highest BCUT2D eigenvalue weighted by Gasteiger charge is 2.28. The van der Waals surface area contributed by atoms with Crippen LogP contribution in [0, 0.1) is 0 Å². The zero-order valence-electron chi connectivity index (χ0n) is 11.4. The molecule has 0 amide bonds. The Morgan fingerprint density at radius 3 is 2.22 bits per heavy atom. The van der Waals surface area contributed by atoms with E-state index in [1.807, 2.05) is 26.8 Å². The summed E-state index contributed by atoms with van der Waals surface area (Å²) in [4.78, 5) is 0.292. The molecule has 0 bridgehead atoms. The molecule has 18 heavy (non-hydrogen) atoms. The monoisotopic (exact) mass is 270 g/mol. The van der Waals surface area contributed by atoms with Gasteiger partial charge in [-0.3, -0.25) is 0 Å². The van der Waals surface area contributed by atoms with Crippen LogP contribution in [0.15, 0.2) is 29.2 Å². The number of hydrogen-bond donors (Lipinski definition) is 2. The SMILES string of the molecule is CCC(C)(CC)NS(=O)(=O)c1ccccc1NC. The van der Waals surface area contributed by atoms with Gasteiger partial charge in [0.25, 0.3) is 0 Å². The molecule has 0 aliphatic rings. The van der Waals surface area contributed by atoms with Gasteiger partial charge in [-0.2, -0.15) is 0 Å². The Bertz CT molecular complexity index is 493. The summed E-state index contributed by atoms with van der Waals surface area (Å²) < 4.78 is 27.6. The highest BCUT2D eigenvalue weighted by atomic mass is 32.2. The lowest BCUT2D eigenvalue weighted by molar-refractivity contribution is 0.389. The minimum Gasteiger partial charge on any atom is -0.387 e. The number of para-hydroxylation sites is 1. The molecule has 0 radical (unpaired) electrons. The molecule has 0 atom stereocenters. The average Bonchev–Trinajstić information content (AvgIpc) is 2.38.